The van der Waals surface area contributed by atoms with Gasteiger partial charge in [0.15, 0.2) is 5.82 Å². The molecule has 0 saturated heterocycles. The summed E-state index contributed by atoms with van der Waals surface area (Å²) in [7, 11) is 0. The minimum Gasteiger partial charge on any atom is -0.233 e. The summed E-state index contributed by atoms with van der Waals surface area (Å²) >= 11 is 0. The lowest BCUT2D eigenvalue weighted by Crippen LogP contribution is -2.06. The van der Waals surface area contributed by atoms with Gasteiger partial charge in [0.25, 0.3) is 0 Å². The molecule has 0 atom stereocenters. The molecule has 128 valence electrons. The Labute approximate surface area is 155 Å². The molecule has 1 heterocycles. The van der Waals surface area contributed by atoms with Gasteiger partial charge >= 0.3 is 0 Å². The lowest BCUT2D eigenvalue weighted by molar-refractivity contribution is 0.901. The summed E-state index contributed by atoms with van der Waals surface area (Å²) in [5, 5.41) is 0. The number of nitrogens with zero attached hydrogens (tertiary/aromatic N) is 2. The maximum Gasteiger partial charge on any atom is 0.155 e. The minimum absolute atomic E-state index is 0.747. The summed E-state index contributed by atoms with van der Waals surface area (Å²) in [5.41, 5.74) is 9.02. The summed E-state index contributed by atoms with van der Waals surface area (Å²) in [4.78, 5) is 9.52. The average Bonchev–Trinajstić information content (AvgIpc) is 2.67. The van der Waals surface area contributed by atoms with Crippen LogP contribution in [0, 0.1) is 6.92 Å². The van der Waals surface area contributed by atoms with Crippen molar-refractivity contribution in [1.29, 1.82) is 0 Å². The van der Waals surface area contributed by atoms with Gasteiger partial charge in [-0.25, -0.2) is 9.97 Å². The Kier molecular flexibility index (Phi) is 4.26. The second kappa shape index (κ2) is 6.72. The summed E-state index contributed by atoms with van der Waals surface area (Å²) in [5.74, 6) is 0.747. The molecule has 0 spiro atoms. The molecule has 0 unspecified atom stereocenters. The van der Waals surface area contributed by atoms with E-state index in [2.05, 4.69) is 74.2 Å². The number of hydrogen-bond acceptors (Lipinski definition) is 2. The van der Waals surface area contributed by atoms with Crippen molar-refractivity contribution >= 4 is 11.6 Å². The van der Waals surface area contributed by atoms with Crippen molar-refractivity contribution in [3.63, 3.8) is 0 Å². The highest BCUT2D eigenvalue weighted by atomic mass is 14.9. The lowest BCUT2D eigenvalue weighted by atomic mass is 9.95. The van der Waals surface area contributed by atoms with Crippen LogP contribution in [0.5, 0.6) is 0 Å². The fraction of sp³-hybridized carbons (Fsp3) is 0.167. The van der Waals surface area contributed by atoms with Crippen LogP contribution in [0.1, 0.15) is 36.0 Å². The van der Waals surface area contributed by atoms with Crippen LogP contribution in [0.4, 0.5) is 0 Å². The Hall–Kier alpha value is -3.00. The van der Waals surface area contributed by atoms with Gasteiger partial charge in [0.1, 0.15) is 0 Å². The lowest BCUT2D eigenvalue weighted by Gasteiger charge is -2.16. The van der Waals surface area contributed by atoms with Crippen LogP contribution in [-0.4, -0.2) is 9.97 Å². The van der Waals surface area contributed by atoms with Crippen LogP contribution in [0.15, 0.2) is 61.2 Å². The van der Waals surface area contributed by atoms with Crippen molar-refractivity contribution in [3.05, 3.63) is 83.8 Å². The third-order valence-electron chi connectivity index (χ3n) is 4.75. The van der Waals surface area contributed by atoms with Crippen LogP contribution in [0.3, 0.4) is 0 Å². The fourth-order valence-corrected chi connectivity index (χ4v) is 3.36. The highest BCUT2D eigenvalue weighted by Crippen LogP contribution is 2.31. The van der Waals surface area contributed by atoms with Crippen molar-refractivity contribution in [3.8, 4) is 22.4 Å². The van der Waals surface area contributed by atoms with E-state index in [-0.39, 0.29) is 0 Å². The van der Waals surface area contributed by atoms with Crippen LogP contribution in [-0.2, 0) is 6.42 Å². The van der Waals surface area contributed by atoms with E-state index in [0.717, 1.165) is 46.8 Å². The normalized spacial score (nSPS) is 12.7. The Morgan fingerprint density at radius 3 is 2.46 bits per heavy atom. The molecular weight excluding hydrogens is 316 g/mol. The van der Waals surface area contributed by atoms with Gasteiger partial charge in [-0.1, -0.05) is 72.8 Å². The molecule has 0 amide bonds. The molecule has 1 aliphatic carbocycles. The number of fused-ring (bicyclic) bond motifs is 1. The van der Waals surface area contributed by atoms with Crippen molar-refractivity contribution in [2.75, 3.05) is 0 Å². The molecule has 0 saturated carbocycles. The first-order valence-electron chi connectivity index (χ1n) is 9.02. The van der Waals surface area contributed by atoms with Crippen molar-refractivity contribution in [2.45, 2.75) is 26.7 Å². The van der Waals surface area contributed by atoms with Crippen LogP contribution >= 0.6 is 0 Å². The van der Waals surface area contributed by atoms with Crippen molar-refractivity contribution in [1.82, 2.24) is 9.97 Å². The van der Waals surface area contributed by atoms with Gasteiger partial charge in [-0.3, -0.25) is 0 Å². The molecule has 3 aromatic rings. The van der Waals surface area contributed by atoms with E-state index in [4.69, 9.17) is 9.97 Å². The zero-order valence-electron chi connectivity index (χ0n) is 15.3. The molecule has 0 N–H and O–H groups in total. The molecule has 2 nitrogen and oxygen atoms in total. The first-order valence-corrected chi connectivity index (χ1v) is 9.02. The zero-order chi connectivity index (χ0) is 18.1. The number of aromatic nitrogens is 2. The topological polar surface area (TPSA) is 25.8 Å². The standard InChI is InChI=1S/C24H22N2/c1-16(2)24-25-22-10-5-4-9-21(22)23(26-24)19-13-11-18(12-14-19)20-8-6-7-17(3)15-20/h4,6-9,11-15H,1,5,10H2,2-3H3. The smallest absolute Gasteiger partial charge is 0.155 e. The van der Waals surface area contributed by atoms with E-state index in [1.807, 2.05) is 6.92 Å². The number of aryl methyl sites for hydroxylation is 2. The van der Waals surface area contributed by atoms with Crippen LogP contribution in [0.25, 0.3) is 34.0 Å². The molecule has 4 rings (SSSR count). The fourth-order valence-electron chi connectivity index (χ4n) is 3.36. The molecule has 1 aliphatic rings. The maximum absolute atomic E-state index is 4.81. The highest BCUT2D eigenvalue weighted by Gasteiger charge is 2.16. The highest BCUT2D eigenvalue weighted by molar-refractivity contribution is 5.77. The number of allylic oxidation sites excluding steroid dienone is 2. The van der Waals surface area contributed by atoms with E-state index in [1.54, 1.807) is 0 Å². The third-order valence-corrected chi connectivity index (χ3v) is 4.75. The Morgan fingerprint density at radius 1 is 0.962 bits per heavy atom. The average molecular weight is 338 g/mol. The van der Waals surface area contributed by atoms with E-state index < -0.39 is 0 Å². The molecule has 0 radical (unpaired) electrons. The monoisotopic (exact) mass is 338 g/mol. The molecule has 2 heteroatoms. The number of rotatable bonds is 3. The van der Waals surface area contributed by atoms with Gasteiger partial charge < -0.3 is 0 Å². The number of benzene rings is 2. The number of hydrogen-bond donors (Lipinski definition) is 0. The summed E-state index contributed by atoms with van der Waals surface area (Å²) < 4.78 is 0. The van der Waals surface area contributed by atoms with Gasteiger partial charge in [0, 0.05) is 11.1 Å². The van der Waals surface area contributed by atoms with Crippen LogP contribution in [0.2, 0.25) is 0 Å². The van der Waals surface area contributed by atoms with Gasteiger partial charge in [-0.15, -0.1) is 0 Å². The van der Waals surface area contributed by atoms with Crippen LogP contribution < -0.4 is 0 Å². The van der Waals surface area contributed by atoms with E-state index in [1.165, 1.54) is 16.7 Å². The van der Waals surface area contributed by atoms with Gasteiger partial charge in [0.2, 0.25) is 0 Å². The molecule has 0 fully saturated rings. The van der Waals surface area contributed by atoms with E-state index >= 15 is 0 Å². The largest absolute Gasteiger partial charge is 0.233 e. The predicted octanol–water partition coefficient (Wildman–Crippen LogP) is 6.11. The van der Waals surface area contributed by atoms with Gasteiger partial charge in [0.05, 0.1) is 11.4 Å². The van der Waals surface area contributed by atoms with Crippen molar-refractivity contribution in [2.24, 2.45) is 0 Å². The Morgan fingerprint density at radius 2 is 1.73 bits per heavy atom. The zero-order valence-corrected chi connectivity index (χ0v) is 15.3. The Balaban J connectivity index is 1.79. The maximum atomic E-state index is 4.81. The minimum atomic E-state index is 0.747. The molecule has 1 aromatic heterocycles. The Bertz CT molecular complexity index is 1010. The first-order chi connectivity index (χ1) is 12.6. The molecular formula is C24H22N2. The van der Waals surface area contributed by atoms with E-state index in [9.17, 15) is 0 Å². The van der Waals surface area contributed by atoms with Gasteiger partial charge in [-0.2, -0.15) is 0 Å². The summed E-state index contributed by atoms with van der Waals surface area (Å²) in [6, 6.07) is 17.2. The van der Waals surface area contributed by atoms with Gasteiger partial charge in [-0.05, 0) is 43.4 Å². The summed E-state index contributed by atoms with van der Waals surface area (Å²) in [6.07, 6.45) is 6.36. The third kappa shape index (κ3) is 3.11. The van der Waals surface area contributed by atoms with E-state index in [0.29, 0.717) is 0 Å². The van der Waals surface area contributed by atoms with Crippen molar-refractivity contribution < 1.29 is 0 Å². The first kappa shape index (κ1) is 16.5. The SMILES string of the molecule is C=C(C)c1nc2c(c(-c3ccc(-c4cccc(C)c4)cc3)n1)C=CCC2. The second-order valence-corrected chi connectivity index (χ2v) is 6.92. The predicted molar refractivity (Wildman–Crippen MR) is 110 cm³/mol. The second-order valence-electron chi connectivity index (χ2n) is 6.92. The molecule has 2 aromatic carbocycles. The summed E-state index contributed by atoms with van der Waals surface area (Å²) in [6.45, 7) is 8.11. The quantitative estimate of drug-likeness (QED) is 0.575. The molecule has 26 heavy (non-hydrogen) atoms. The molecule has 0 aliphatic heterocycles. The molecule has 0 bridgehead atoms.